The molecule has 23 heavy (non-hydrogen) atoms. The number of aromatic hydroxyl groups is 1. The number of likely N-dealkylation sites (tertiary alicyclic amines) is 1. The summed E-state index contributed by atoms with van der Waals surface area (Å²) < 4.78 is 0. The van der Waals surface area contributed by atoms with E-state index in [1.807, 2.05) is 4.90 Å². The van der Waals surface area contributed by atoms with E-state index in [0.717, 1.165) is 25.9 Å². The first-order valence-corrected chi connectivity index (χ1v) is 8.26. The standard InChI is InChI=1S/C10H18N2O2.C6H4Cl2O/c1-3-9(13)11(2)8-10(14)12-6-4-5-7-12;7-5-2-1-4(9)3-6(5)8/h3-8H2,1-2H3;1-3,9H. The van der Waals surface area contributed by atoms with E-state index in [1.165, 1.54) is 17.0 Å². The van der Waals surface area contributed by atoms with Gasteiger partial charge in [0, 0.05) is 26.6 Å². The smallest absolute Gasteiger partial charge is 0.242 e. The Morgan fingerprint density at radius 1 is 1.22 bits per heavy atom. The van der Waals surface area contributed by atoms with Crippen LogP contribution in [0.1, 0.15) is 26.2 Å². The van der Waals surface area contributed by atoms with Gasteiger partial charge < -0.3 is 14.9 Å². The van der Waals surface area contributed by atoms with E-state index in [-0.39, 0.29) is 24.1 Å². The van der Waals surface area contributed by atoms with Gasteiger partial charge in [-0.05, 0) is 31.0 Å². The number of nitrogens with zero attached hydrogens (tertiary/aromatic N) is 2. The highest BCUT2D eigenvalue weighted by Gasteiger charge is 2.20. The van der Waals surface area contributed by atoms with E-state index in [0.29, 0.717) is 16.5 Å². The second-order valence-corrected chi connectivity index (χ2v) is 6.10. The third-order valence-corrected chi connectivity index (χ3v) is 4.20. The number of phenolic OH excluding ortho intramolecular Hbond substituents is 1. The number of amides is 2. The summed E-state index contributed by atoms with van der Waals surface area (Å²) in [4.78, 5) is 26.2. The number of likely N-dealkylation sites (N-methyl/N-ethyl adjacent to an activating group) is 1. The van der Waals surface area contributed by atoms with Gasteiger partial charge in [0.25, 0.3) is 0 Å². The zero-order chi connectivity index (χ0) is 17.4. The van der Waals surface area contributed by atoms with Crippen LogP contribution in [0.2, 0.25) is 10.0 Å². The van der Waals surface area contributed by atoms with Gasteiger partial charge in [0.1, 0.15) is 5.75 Å². The summed E-state index contributed by atoms with van der Waals surface area (Å²) in [6.07, 6.45) is 2.65. The average Bonchev–Trinajstić information content (AvgIpc) is 3.05. The van der Waals surface area contributed by atoms with Crippen molar-refractivity contribution in [1.82, 2.24) is 9.80 Å². The Kier molecular flexibility index (Phi) is 8.20. The van der Waals surface area contributed by atoms with Crippen molar-refractivity contribution >= 4 is 35.0 Å². The van der Waals surface area contributed by atoms with E-state index in [2.05, 4.69) is 0 Å². The lowest BCUT2D eigenvalue weighted by Crippen LogP contribution is -2.39. The highest BCUT2D eigenvalue weighted by Crippen LogP contribution is 2.25. The number of rotatable bonds is 3. The van der Waals surface area contributed by atoms with Crippen LogP contribution in [0.4, 0.5) is 0 Å². The molecule has 0 radical (unpaired) electrons. The highest BCUT2D eigenvalue weighted by molar-refractivity contribution is 6.42. The van der Waals surface area contributed by atoms with Crippen molar-refractivity contribution in [2.24, 2.45) is 0 Å². The summed E-state index contributed by atoms with van der Waals surface area (Å²) in [5, 5.41) is 9.62. The summed E-state index contributed by atoms with van der Waals surface area (Å²) >= 11 is 11.1. The molecule has 1 aromatic rings. The molecule has 0 aromatic heterocycles. The molecule has 0 spiro atoms. The molecule has 0 saturated carbocycles. The largest absolute Gasteiger partial charge is 0.508 e. The molecular formula is C16H22Cl2N2O3. The van der Waals surface area contributed by atoms with Crippen molar-refractivity contribution in [3.05, 3.63) is 28.2 Å². The van der Waals surface area contributed by atoms with Gasteiger partial charge in [0.15, 0.2) is 0 Å². The molecule has 128 valence electrons. The van der Waals surface area contributed by atoms with Crippen molar-refractivity contribution in [2.45, 2.75) is 26.2 Å². The fourth-order valence-corrected chi connectivity index (χ4v) is 2.40. The number of hydrogen-bond acceptors (Lipinski definition) is 3. The maximum Gasteiger partial charge on any atom is 0.242 e. The van der Waals surface area contributed by atoms with Crippen LogP contribution in [-0.2, 0) is 9.59 Å². The van der Waals surface area contributed by atoms with Crippen LogP contribution in [0.5, 0.6) is 5.75 Å². The Morgan fingerprint density at radius 2 is 1.83 bits per heavy atom. The summed E-state index contributed by atoms with van der Waals surface area (Å²) in [6.45, 7) is 3.74. The van der Waals surface area contributed by atoms with Gasteiger partial charge in [-0.3, -0.25) is 9.59 Å². The molecular weight excluding hydrogens is 339 g/mol. The molecule has 0 unspecified atom stereocenters. The van der Waals surface area contributed by atoms with Crippen LogP contribution in [0.15, 0.2) is 18.2 Å². The van der Waals surface area contributed by atoms with Crippen molar-refractivity contribution in [2.75, 3.05) is 26.7 Å². The first-order chi connectivity index (χ1) is 10.8. The van der Waals surface area contributed by atoms with E-state index in [4.69, 9.17) is 28.3 Å². The number of halogens is 2. The summed E-state index contributed by atoms with van der Waals surface area (Å²) in [7, 11) is 1.68. The van der Waals surface area contributed by atoms with Crippen LogP contribution in [0.3, 0.4) is 0 Å². The van der Waals surface area contributed by atoms with E-state index >= 15 is 0 Å². The normalized spacial score (nSPS) is 13.3. The highest BCUT2D eigenvalue weighted by atomic mass is 35.5. The predicted molar refractivity (Wildman–Crippen MR) is 91.9 cm³/mol. The summed E-state index contributed by atoms with van der Waals surface area (Å²) in [5.74, 6) is 0.230. The zero-order valence-electron chi connectivity index (χ0n) is 13.4. The minimum absolute atomic E-state index is 0.0255. The lowest BCUT2D eigenvalue weighted by atomic mass is 10.3. The van der Waals surface area contributed by atoms with Gasteiger partial charge >= 0.3 is 0 Å². The van der Waals surface area contributed by atoms with Gasteiger partial charge in [-0.25, -0.2) is 0 Å². The molecule has 1 saturated heterocycles. The molecule has 2 rings (SSSR count). The number of phenols is 1. The third kappa shape index (κ3) is 6.67. The number of hydrogen-bond donors (Lipinski definition) is 1. The summed E-state index contributed by atoms with van der Waals surface area (Å²) in [6, 6.07) is 4.41. The maximum atomic E-state index is 11.6. The molecule has 1 N–H and O–H groups in total. The monoisotopic (exact) mass is 360 g/mol. The lowest BCUT2D eigenvalue weighted by Gasteiger charge is -2.20. The van der Waals surface area contributed by atoms with E-state index in [1.54, 1.807) is 20.0 Å². The number of carbonyl (C=O) groups is 2. The van der Waals surface area contributed by atoms with Gasteiger partial charge in [0.05, 0.1) is 16.6 Å². The molecule has 1 heterocycles. The fourth-order valence-electron chi connectivity index (χ4n) is 2.11. The Hall–Kier alpha value is -1.46. The SMILES string of the molecule is CCC(=O)N(C)CC(=O)N1CCCC1.Oc1ccc(Cl)c(Cl)c1. The topological polar surface area (TPSA) is 60.9 Å². The van der Waals surface area contributed by atoms with Gasteiger partial charge in [0.2, 0.25) is 11.8 Å². The van der Waals surface area contributed by atoms with Crippen LogP contribution in [0, 0.1) is 0 Å². The molecule has 0 bridgehead atoms. The van der Waals surface area contributed by atoms with Crippen molar-refractivity contribution < 1.29 is 14.7 Å². The van der Waals surface area contributed by atoms with Crippen LogP contribution in [0.25, 0.3) is 0 Å². The minimum atomic E-state index is 0.0255. The number of benzene rings is 1. The van der Waals surface area contributed by atoms with E-state index in [9.17, 15) is 9.59 Å². The van der Waals surface area contributed by atoms with Crippen LogP contribution >= 0.6 is 23.2 Å². The Bertz CT molecular complexity index is 546. The Morgan fingerprint density at radius 3 is 2.30 bits per heavy atom. The molecule has 1 aromatic carbocycles. The molecule has 2 amide bonds. The van der Waals surface area contributed by atoms with Crippen LogP contribution in [-0.4, -0.2) is 53.4 Å². The average molecular weight is 361 g/mol. The first kappa shape index (κ1) is 19.6. The number of carbonyl (C=O) groups excluding carboxylic acids is 2. The predicted octanol–water partition coefficient (Wildman–Crippen LogP) is 3.18. The molecule has 1 fully saturated rings. The molecule has 0 aliphatic carbocycles. The zero-order valence-corrected chi connectivity index (χ0v) is 14.9. The van der Waals surface area contributed by atoms with Crippen molar-refractivity contribution in [3.8, 4) is 5.75 Å². The van der Waals surface area contributed by atoms with Gasteiger partial charge in [-0.2, -0.15) is 0 Å². The molecule has 1 aliphatic rings. The van der Waals surface area contributed by atoms with Crippen molar-refractivity contribution in [1.29, 1.82) is 0 Å². The fraction of sp³-hybridized carbons (Fsp3) is 0.500. The Balaban J connectivity index is 0.000000253. The van der Waals surface area contributed by atoms with Gasteiger partial charge in [-0.1, -0.05) is 30.1 Å². The molecule has 1 aliphatic heterocycles. The third-order valence-electron chi connectivity index (χ3n) is 3.46. The van der Waals surface area contributed by atoms with Crippen LogP contribution < -0.4 is 0 Å². The lowest BCUT2D eigenvalue weighted by molar-refractivity contribution is -0.138. The first-order valence-electron chi connectivity index (χ1n) is 7.51. The van der Waals surface area contributed by atoms with E-state index < -0.39 is 0 Å². The quantitative estimate of drug-likeness (QED) is 0.900. The second kappa shape index (κ2) is 9.63. The van der Waals surface area contributed by atoms with Gasteiger partial charge in [-0.15, -0.1) is 0 Å². The molecule has 5 nitrogen and oxygen atoms in total. The minimum Gasteiger partial charge on any atom is -0.508 e. The second-order valence-electron chi connectivity index (χ2n) is 5.29. The molecule has 7 heteroatoms. The van der Waals surface area contributed by atoms with Crippen molar-refractivity contribution in [3.63, 3.8) is 0 Å². The summed E-state index contributed by atoms with van der Waals surface area (Å²) in [5.41, 5.74) is 0. The Labute approximate surface area is 146 Å². The maximum absolute atomic E-state index is 11.6. The molecule has 0 atom stereocenters.